The first-order chi connectivity index (χ1) is 11.3. The summed E-state index contributed by atoms with van der Waals surface area (Å²) in [6, 6.07) is 9.52. The van der Waals surface area contributed by atoms with Crippen LogP contribution in [-0.4, -0.2) is 12.5 Å². The molecule has 0 fully saturated rings. The highest BCUT2D eigenvalue weighted by molar-refractivity contribution is 9.10. The van der Waals surface area contributed by atoms with E-state index in [4.69, 9.17) is 5.73 Å². The van der Waals surface area contributed by atoms with Gasteiger partial charge in [0.25, 0.3) is 0 Å². The van der Waals surface area contributed by atoms with Gasteiger partial charge in [0, 0.05) is 26.4 Å². The third-order valence-corrected chi connectivity index (χ3v) is 4.36. The highest BCUT2D eigenvalue weighted by Gasteiger charge is 2.02. The van der Waals surface area contributed by atoms with Crippen molar-refractivity contribution in [2.45, 2.75) is 11.9 Å². The van der Waals surface area contributed by atoms with Crippen LogP contribution < -0.4 is 11.1 Å². The van der Waals surface area contributed by atoms with Crippen molar-refractivity contribution < 1.29 is 13.6 Å². The van der Waals surface area contributed by atoms with Gasteiger partial charge in [0.1, 0.15) is 11.6 Å². The molecule has 0 spiro atoms. The number of nitrogens with two attached hydrogens (primary N) is 1. The highest BCUT2D eigenvalue weighted by atomic mass is 79.9. The molecule has 0 aliphatic heterocycles. The molecule has 0 unspecified atom stereocenters. The van der Waals surface area contributed by atoms with E-state index in [0.29, 0.717) is 16.5 Å². The molecule has 2 aromatic carbocycles. The average molecular weight is 529 g/mol. The minimum absolute atomic E-state index is 0.0476. The maximum absolute atomic E-state index is 13.1. The van der Waals surface area contributed by atoms with E-state index in [1.807, 2.05) is 0 Å². The summed E-state index contributed by atoms with van der Waals surface area (Å²) < 4.78 is 27.5. The average Bonchev–Trinajstić information content (AvgIpc) is 2.53. The normalized spacial score (nSPS) is 10.0. The molecular weight excluding hydrogens is 514 g/mol. The molecule has 0 heterocycles. The van der Waals surface area contributed by atoms with E-state index in [9.17, 15) is 13.6 Å². The van der Waals surface area contributed by atoms with Crippen molar-refractivity contribution in [2.75, 3.05) is 6.54 Å². The Hall–Kier alpha value is -0.830. The van der Waals surface area contributed by atoms with Crippen molar-refractivity contribution >= 4 is 53.7 Å². The van der Waals surface area contributed by atoms with Crippen molar-refractivity contribution in [3.05, 3.63) is 68.1 Å². The SMILES string of the molecule is Fc1ccc(Br)cc1CBr.NC(=O)CNCc1cc(Br)ccc1F. The predicted octanol–water partition coefficient (Wildman–Crippen LogP) is 4.65. The second-order valence-electron chi connectivity index (χ2n) is 4.67. The zero-order valence-corrected chi connectivity index (χ0v) is 17.2. The number of nitrogens with one attached hydrogen (secondary N) is 1. The number of hydrogen-bond donors (Lipinski definition) is 2. The molecule has 2 rings (SSSR count). The summed E-state index contributed by atoms with van der Waals surface area (Å²) in [4.78, 5) is 10.4. The number of amides is 1. The van der Waals surface area contributed by atoms with Crippen molar-refractivity contribution in [1.29, 1.82) is 0 Å². The van der Waals surface area contributed by atoms with Gasteiger partial charge in [0.05, 0.1) is 6.54 Å². The molecule has 3 N–H and O–H groups in total. The topological polar surface area (TPSA) is 55.1 Å². The summed E-state index contributed by atoms with van der Waals surface area (Å²) in [6.45, 7) is 0.333. The van der Waals surface area contributed by atoms with Gasteiger partial charge in [-0.25, -0.2) is 8.78 Å². The smallest absolute Gasteiger partial charge is 0.231 e. The first-order valence-electron chi connectivity index (χ1n) is 6.76. The number of carbonyl (C=O) groups is 1. The molecular formula is C16H15Br3F2N2O. The number of rotatable bonds is 5. The van der Waals surface area contributed by atoms with E-state index in [-0.39, 0.29) is 24.7 Å². The van der Waals surface area contributed by atoms with E-state index in [1.165, 1.54) is 12.1 Å². The third-order valence-electron chi connectivity index (χ3n) is 2.77. The number of hydrogen-bond acceptors (Lipinski definition) is 2. The van der Waals surface area contributed by atoms with Crippen LogP contribution in [0.25, 0.3) is 0 Å². The van der Waals surface area contributed by atoms with E-state index in [2.05, 4.69) is 53.1 Å². The Morgan fingerprint density at radius 2 is 1.50 bits per heavy atom. The number of alkyl halides is 1. The predicted molar refractivity (Wildman–Crippen MR) is 102 cm³/mol. The minimum Gasteiger partial charge on any atom is -0.369 e. The van der Waals surface area contributed by atoms with Gasteiger partial charge >= 0.3 is 0 Å². The van der Waals surface area contributed by atoms with Gasteiger partial charge in [-0.3, -0.25) is 4.79 Å². The zero-order chi connectivity index (χ0) is 18.1. The Balaban J connectivity index is 0.000000254. The van der Waals surface area contributed by atoms with Crippen LogP contribution in [0.5, 0.6) is 0 Å². The van der Waals surface area contributed by atoms with Crippen molar-refractivity contribution in [3.63, 3.8) is 0 Å². The molecule has 24 heavy (non-hydrogen) atoms. The number of halogens is 5. The molecule has 8 heteroatoms. The fourth-order valence-corrected chi connectivity index (χ4v) is 2.89. The largest absolute Gasteiger partial charge is 0.369 e. The lowest BCUT2D eigenvalue weighted by Gasteiger charge is -2.04. The number of carbonyl (C=O) groups excluding carboxylic acids is 1. The summed E-state index contributed by atoms with van der Waals surface area (Å²) in [5, 5.41) is 3.29. The fourth-order valence-electron chi connectivity index (χ4n) is 1.64. The van der Waals surface area contributed by atoms with E-state index >= 15 is 0 Å². The molecule has 1 amide bonds. The molecule has 0 atom stereocenters. The van der Waals surface area contributed by atoms with Crippen LogP contribution in [-0.2, 0) is 16.7 Å². The van der Waals surface area contributed by atoms with Crippen molar-refractivity contribution in [1.82, 2.24) is 5.32 Å². The molecule has 0 saturated carbocycles. The highest BCUT2D eigenvalue weighted by Crippen LogP contribution is 2.17. The lowest BCUT2D eigenvalue weighted by Crippen LogP contribution is -2.28. The maximum Gasteiger partial charge on any atom is 0.231 e. The number of primary amides is 1. The molecule has 0 bridgehead atoms. The lowest BCUT2D eigenvalue weighted by atomic mass is 10.2. The summed E-state index contributed by atoms with van der Waals surface area (Å²) >= 11 is 9.66. The Labute approximate surface area is 164 Å². The first-order valence-corrected chi connectivity index (χ1v) is 9.47. The van der Waals surface area contributed by atoms with Gasteiger partial charge in [0.2, 0.25) is 5.91 Å². The summed E-state index contributed by atoms with van der Waals surface area (Å²) in [5.74, 6) is -0.925. The molecule has 0 radical (unpaired) electrons. The molecule has 0 aromatic heterocycles. The summed E-state index contributed by atoms with van der Waals surface area (Å²) in [7, 11) is 0. The maximum atomic E-state index is 13.1. The zero-order valence-electron chi connectivity index (χ0n) is 12.5. The summed E-state index contributed by atoms with van der Waals surface area (Å²) in [6.07, 6.45) is 0. The second-order valence-corrected chi connectivity index (χ2v) is 7.07. The molecule has 0 aliphatic rings. The second kappa shape index (κ2) is 10.9. The van der Waals surface area contributed by atoms with E-state index in [1.54, 1.807) is 24.3 Å². The lowest BCUT2D eigenvalue weighted by molar-refractivity contribution is -0.117. The monoisotopic (exact) mass is 526 g/mol. The first kappa shape index (κ1) is 21.2. The van der Waals surface area contributed by atoms with Crippen LogP contribution >= 0.6 is 47.8 Å². The molecule has 2 aromatic rings. The van der Waals surface area contributed by atoms with Crippen LogP contribution in [0.15, 0.2) is 45.3 Å². The van der Waals surface area contributed by atoms with Gasteiger partial charge in [-0.2, -0.15) is 0 Å². The van der Waals surface area contributed by atoms with Crippen molar-refractivity contribution in [2.24, 2.45) is 5.73 Å². The van der Waals surface area contributed by atoms with E-state index < -0.39 is 5.91 Å². The Kier molecular flexibility index (Phi) is 9.65. The minimum atomic E-state index is -0.458. The van der Waals surface area contributed by atoms with Gasteiger partial charge < -0.3 is 11.1 Å². The van der Waals surface area contributed by atoms with Gasteiger partial charge in [-0.15, -0.1) is 0 Å². The van der Waals surface area contributed by atoms with Crippen LogP contribution in [0, 0.1) is 11.6 Å². The number of benzene rings is 2. The van der Waals surface area contributed by atoms with Crippen LogP contribution in [0.1, 0.15) is 11.1 Å². The van der Waals surface area contributed by atoms with E-state index in [0.717, 1.165) is 8.95 Å². The molecule has 0 aliphatic carbocycles. The Bertz CT molecular complexity index is 699. The van der Waals surface area contributed by atoms with Gasteiger partial charge in [-0.05, 0) is 42.0 Å². The van der Waals surface area contributed by atoms with Gasteiger partial charge in [-0.1, -0.05) is 47.8 Å². The third kappa shape index (κ3) is 7.83. The van der Waals surface area contributed by atoms with Crippen LogP contribution in [0.2, 0.25) is 0 Å². The quantitative estimate of drug-likeness (QED) is 0.555. The molecule has 3 nitrogen and oxygen atoms in total. The fraction of sp³-hybridized carbons (Fsp3) is 0.188. The Morgan fingerprint density at radius 3 is 1.96 bits per heavy atom. The van der Waals surface area contributed by atoms with Crippen molar-refractivity contribution in [3.8, 4) is 0 Å². The van der Waals surface area contributed by atoms with Gasteiger partial charge in [0.15, 0.2) is 0 Å². The Morgan fingerprint density at radius 1 is 1.00 bits per heavy atom. The van der Waals surface area contributed by atoms with Crippen LogP contribution in [0.3, 0.4) is 0 Å². The standard InChI is InChI=1S/C9H10BrFN2O.C7H5Br2F/c10-7-1-2-8(11)6(3-7)4-13-5-9(12)14;8-4-5-3-6(9)1-2-7(5)10/h1-3,13H,4-5H2,(H2,12,14);1-3H,4H2. The molecule has 130 valence electrons. The molecule has 0 saturated heterocycles. The van der Waals surface area contributed by atoms with Crippen LogP contribution in [0.4, 0.5) is 8.78 Å². The summed E-state index contributed by atoms with van der Waals surface area (Å²) in [5.41, 5.74) is 6.10.